The molecule has 5 nitrogen and oxygen atoms in total. The number of amides is 2. The van der Waals surface area contributed by atoms with Crippen LogP contribution >= 0.6 is 0 Å². The minimum Gasteiger partial charge on any atom is -0.376 e. The third-order valence-corrected chi connectivity index (χ3v) is 5.16. The minimum absolute atomic E-state index is 0.0525. The quantitative estimate of drug-likeness (QED) is 0.775. The number of anilines is 2. The van der Waals surface area contributed by atoms with Crippen LogP contribution in [-0.4, -0.2) is 43.9 Å². The van der Waals surface area contributed by atoms with Crippen LogP contribution < -0.4 is 10.2 Å². The molecular weight excluding hydrogens is 395 g/mol. The van der Waals surface area contributed by atoms with Gasteiger partial charge in [0.1, 0.15) is 0 Å². The molecule has 1 heterocycles. The smallest absolute Gasteiger partial charge is 0.376 e. The van der Waals surface area contributed by atoms with Crippen molar-refractivity contribution in [3.8, 4) is 0 Å². The van der Waals surface area contributed by atoms with E-state index >= 15 is 0 Å². The number of hydrogen-bond donors (Lipinski definition) is 1. The fraction of sp³-hybridized carbons (Fsp3) is 0.364. The predicted molar refractivity (Wildman–Crippen MR) is 109 cm³/mol. The number of nitrogens with one attached hydrogen (secondary N) is 1. The van der Waals surface area contributed by atoms with Crippen LogP contribution in [-0.2, 0) is 22.2 Å². The monoisotopic (exact) mass is 419 g/mol. The van der Waals surface area contributed by atoms with Gasteiger partial charge in [-0.25, -0.2) is 0 Å². The van der Waals surface area contributed by atoms with Crippen molar-refractivity contribution >= 4 is 23.2 Å². The summed E-state index contributed by atoms with van der Waals surface area (Å²) in [5, 5.41) is 2.60. The number of hydrogen-bond acceptors (Lipinski definition) is 3. The van der Waals surface area contributed by atoms with Crippen LogP contribution in [0.2, 0.25) is 0 Å². The van der Waals surface area contributed by atoms with Crippen LogP contribution in [0.25, 0.3) is 0 Å². The Kier molecular flexibility index (Phi) is 6.34. The molecule has 0 saturated carbocycles. The number of rotatable bonds is 6. The third-order valence-electron chi connectivity index (χ3n) is 5.16. The summed E-state index contributed by atoms with van der Waals surface area (Å²) in [6.45, 7) is 0.757. The zero-order valence-electron chi connectivity index (χ0n) is 16.9. The van der Waals surface area contributed by atoms with E-state index < -0.39 is 23.6 Å². The minimum atomic E-state index is -4.51. The van der Waals surface area contributed by atoms with E-state index in [9.17, 15) is 22.8 Å². The molecule has 0 aromatic heterocycles. The molecule has 1 unspecified atom stereocenters. The van der Waals surface area contributed by atoms with Gasteiger partial charge in [-0.05, 0) is 30.2 Å². The summed E-state index contributed by atoms with van der Waals surface area (Å²) in [5.74, 6) is -1.17. The number of nitrogens with zero attached hydrogens (tertiary/aromatic N) is 2. The number of benzene rings is 2. The maximum atomic E-state index is 13.1. The molecule has 2 aromatic carbocycles. The summed E-state index contributed by atoms with van der Waals surface area (Å²) >= 11 is 0. The Morgan fingerprint density at radius 1 is 1.17 bits per heavy atom. The Balaban J connectivity index is 1.68. The molecule has 2 amide bonds. The molecule has 1 aliphatic heterocycles. The van der Waals surface area contributed by atoms with E-state index in [0.717, 1.165) is 17.7 Å². The second-order valence-corrected chi connectivity index (χ2v) is 7.59. The zero-order chi connectivity index (χ0) is 21.9. The molecule has 1 saturated heterocycles. The van der Waals surface area contributed by atoms with Gasteiger partial charge in [0.2, 0.25) is 11.8 Å². The second kappa shape index (κ2) is 8.77. The Morgan fingerprint density at radius 2 is 1.87 bits per heavy atom. The highest BCUT2D eigenvalue weighted by Gasteiger charge is 2.35. The Hall–Kier alpha value is -3.03. The Labute approximate surface area is 173 Å². The average molecular weight is 419 g/mol. The van der Waals surface area contributed by atoms with Crippen molar-refractivity contribution in [1.29, 1.82) is 0 Å². The average Bonchev–Trinajstić information content (AvgIpc) is 3.07. The van der Waals surface area contributed by atoms with Crippen LogP contribution in [0.1, 0.15) is 17.5 Å². The Bertz CT molecular complexity index is 914. The molecule has 0 radical (unpaired) electrons. The topological polar surface area (TPSA) is 52.7 Å². The van der Waals surface area contributed by atoms with Gasteiger partial charge in [-0.2, -0.15) is 13.2 Å². The first-order valence-electron chi connectivity index (χ1n) is 9.66. The van der Waals surface area contributed by atoms with E-state index in [1.54, 1.807) is 23.9 Å². The van der Waals surface area contributed by atoms with E-state index in [1.165, 1.54) is 6.07 Å². The van der Waals surface area contributed by atoms with Crippen LogP contribution in [0.15, 0.2) is 48.5 Å². The second-order valence-electron chi connectivity index (χ2n) is 7.59. The lowest BCUT2D eigenvalue weighted by molar-refractivity contribution is -0.137. The van der Waals surface area contributed by atoms with Crippen LogP contribution in [0.5, 0.6) is 0 Å². The molecule has 0 bridgehead atoms. The van der Waals surface area contributed by atoms with Crippen molar-refractivity contribution < 1.29 is 22.8 Å². The highest BCUT2D eigenvalue weighted by atomic mass is 19.4. The summed E-state index contributed by atoms with van der Waals surface area (Å²) in [6.07, 6.45) is -3.78. The van der Waals surface area contributed by atoms with E-state index in [0.29, 0.717) is 18.7 Å². The summed E-state index contributed by atoms with van der Waals surface area (Å²) in [4.78, 5) is 28.3. The van der Waals surface area contributed by atoms with Gasteiger partial charge in [-0.15, -0.1) is 0 Å². The van der Waals surface area contributed by atoms with Crippen molar-refractivity contribution in [2.24, 2.45) is 5.92 Å². The van der Waals surface area contributed by atoms with Crippen LogP contribution in [0.4, 0.5) is 24.5 Å². The van der Waals surface area contributed by atoms with Crippen molar-refractivity contribution in [2.75, 3.05) is 37.4 Å². The van der Waals surface area contributed by atoms with Gasteiger partial charge in [-0.3, -0.25) is 9.59 Å². The van der Waals surface area contributed by atoms with Crippen LogP contribution in [0.3, 0.4) is 0 Å². The zero-order valence-corrected chi connectivity index (χ0v) is 16.9. The summed E-state index contributed by atoms with van der Waals surface area (Å²) in [5.41, 5.74) is 0.796. The molecule has 160 valence electrons. The van der Waals surface area contributed by atoms with E-state index in [4.69, 9.17) is 0 Å². The molecule has 1 N–H and O–H groups in total. The van der Waals surface area contributed by atoms with Crippen molar-refractivity contribution in [3.05, 3.63) is 59.7 Å². The van der Waals surface area contributed by atoms with Gasteiger partial charge in [0.05, 0.1) is 22.9 Å². The lowest BCUT2D eigenvalue weighted by atomic mass is 10.1. The maximum Gasteiger partial charge on any atom is 0.416 e. The molecule has 0 spiro atoms. The number of likely N-dealkylation sites (tertiary alicyclic amines) is 1. The van der Waals surface area contributed by atoms with Crippen molar-refractivity contribution in [3.63, 3.8) is 0 Å². The number of alkyl halides is 3. The first kappa shape index (κ1) is 21.7. The molecular formula is C22H24F3N3O2. The highest BCUT2D eigenvalue weighted by Crippen LogP contribution is 2.35. The molecule has 2 aromatic rings. The Morgan fingerprint density at radius 3 is 2.50 bits per heavy atom. The lowest BCUT2D eigenvalue weighted by Gasteiger charge is -2.21. The van der Waals surface area contributed by atoms with E-state index in [2.05, 4.69) is 5.32 Å². The maximum absolute atomic E-state index is 13.1. The van der Waals surface area contributed by atoms with E-state index in [1.807, 2.05) is 30.3 Å². The molecule has 1 fully saturated rings. The van der Waals surface area contributed by atoms with E-state index in [-0.39, 0.29) is 24.6 Å². The van der Waals surface area contributed by atoms with Gasteiger partial charge < -0.3 is 15.1 Å². The molecule has 30 heavy (non-hydrogen) atoms. The fourth-order valence-electron chi connectivity index (χ4n) is 3.51. The van der Waals surface area contributed by atoms with Crippen LogP contribution in [0, 0.1) is 5.92 Å². The van der Waals surface area contributed by atoms with Gasteiger partial charge in [0.25, 0.3) is 0 Å². The fourth-order valence-corrected chi connectivity index (χ4v) is 3.51. The van der Waals surface area contributed by atoms with Gasteiger partial charge in [0.15, 0.2) is 0 Å². The van der Waals surface area contributed by atoms with Gasteiger partial charge in [0, 0.05) is 33.6 Å². The molecule has 1 aliphatic rings. The molecule has 8 heteroatoms. The normalized spacial score (nSPS) is 16.6. The standard InChI is InChI=1S/C22H24F3N3O2/c1-27(2)19-9-8-17(22(23,24)25)13-18(19)26-21(30)16-12-20(29)28(14-16)11-10-15-6-4-3-5-7-15/h3-9,13,16H,10-12,14H2,1-2H3,(H,26,30). The van der Waals surface area contributed by atoms with Gasteiger partial charge >= 0.3 is 6.18 Å². The molecule has 0 aliphatic carbocycles. The summed E-state index contributed by atoms with van der Waals surface area (Å²) in [7, 11) is 3.37. The van der Waals surface area contributed by atoms with Crippen molar-refractivity contribution in [2.45, 2.75) is 19.0 Å². The first-order valence-corrected chi connectivity index (χ1v) is 9.66. The largest absolute Gasteiger partial charge is 0.416 e. The number of carbonyl (C=O) groups excluding carboxylic acids is 2. The highest BCUT2D eigenvalue weighted by molar-refractivity contribution is 5.99. The van der Waals surface area contributed by atoms with Gasteiger partial charge in [-0.1, -0.05) is 30.3 Å². The summed E-state index contributed by atoms with van der Waals surface area (Å²) in [6, 6.07) is 12.9. The number of halogens is 3. The predicted octanol–water partition coefficient (Wildman–Crippen LogP) is 3.80. The first-order chi connectivity index (χ1) is 14.1. The van der Waals surface area contributed by atoms with Crippen molar-refractivity contribution in [1.82, 2.24) is 4.90 Å². The molecule has 3 rings (SSSR count). The molecule has 1 atom stereocenters. The SMILES string of the molecule is CN(C)c1ccc(C(F)(F)F)cc1NC(=O)C1CC(=O)N(CCc2ccccc2)C1. The number of carbonyl (C=O) groups is 2. The summed E-state index contributed by atoms with van der Waals surface area (Å²) < 4.78 is 39.3. The third kappa shape index (κ3) is 5.11. The lowest BCUT2D eigenvalue weighted by Crippen LogP contribution is -2.30.